The molecule has 0 spiro atoms. The van der Waals surface area contributed by atoms with Crippen LogP contribution in [0.15, 0.2) is 59.1 Å². The normalized spacial score (nSPS) is 12.3. The maximum Gasteiger partial charge on any atom is 0.248 e. The first-order chi connectivity index (χ1) is 10.2. The van der Waals surface area contributed by atoms with E-state index in [2.05, 4.69) is 10.1 Å². The molecule has 0 radical (unpaired) electrons. The minimum Gasteiger partial charge on any atom is -0.337 e. The highest BCUT2D eigenvalue weighted by Crippen LogP contribution is 2.20. The molecule has 4 nitrogen and oxygen atoms in total. The summed E-state index contributed by atoms with van der Waals surface area (Å²) in [5, 5.41) is 4.67. The lowest BCUT2D eigenvalue weighted by molar-refractivity contribution is 0.363. The topological polar surface area (TPSA) is 64.9 Å². The van der Waals surface area contributed by atoms with Crippen LogP contribution in [0.1, 0.15) is 28.9 Å². The fourth-order valence-electron chi connectivity index (χ4n) is 2.08. The van der Waals surface area contributed by atoms with E-state index in [0.717, 1.165) is 11.1 Å². The molecule has 3 rings (SSSR count). The van der Waals surface area contributed by atoms with Crippen LogP contribution in [0.4, 0.5) is 0 Å². The molecule has 2 aromatic carbocycles. The molecule has 1 unspecified atom stereocenters. The van der Waals surface area contributed by atoms with Crippen molar-refractivity contribution in [2.75, 3.05) is 0 Å². The molecule has 1 heterocycles. The van der Waals surface area contributed by atoms with Crippen LogP contribution in [0.3, 0.4) is 0 Å². The van der Waals surface area contributed by atoms with E-state index in [1.54, 1.807) is 0 Å². The van der Waals surface area contributed by atoms with E-state index in [1.807, 2.05) is 54.6 Å². The molecule has 0 saturated heterocycles. The number of rotatable bonds is 4. The Labute approximate surface area is 127 Å². The van der Waals surface area contributed by atoms with E-state index in [1.165, 1.54) is 0 Å². The molecule has 21 heavy (non-hydrogen) atoms. The zero-order chi connectivity index (χ0) is 14.7. The smallest absolute Gasteiger partial charge is 0.248 e. The van der Waals surface area contributed by atoms with E-state index in [9.17, 15) is 0 Å². The van der Waals surface area contributed by atoms with Crippen molar-refractivity contribution in [3.05, 3.63) is 82.5 Å². The highest BCUT2D eigenvalue weighted by atomic mass is 35.5. The van der Waals surface area contributed by atoms with Gasteiger partial charge in [-0.05, 0) is 17.2 Å². The van der Waals surface area contributed by atoms with Crippen molar-refractivity contribution < 1.29 is 4.52 Å². The van der Waals surface area contributed by atoms with Gasteiger partial charge in [-0.1, -0.05) is 65.3 Å². The summed E-state index contributed by atoms with van der Waals surface area (Å²) in [5.74, 6) is 0.979. The standard InChI is InChI=1S/C16H14ClN3O/c17-13-9-5-4-8-12(13)10-14-19-16(21-20-14)15(18)11-6-2-1-3-7-11/h1-9,15H,10,18H2. The average molecular weight is 300 g/mol. The van der Waals surface area contributed by atoms with Gasteiger partial charge in [0.1, 0.15) is 6.04 Å². The van der Waals surface area contributed by atoms with E-state index in [0.29, 0.717) is 23.2 Å². The Morgan fingerprint density at radius 1 is 1.05 bits per heavy atom. The van der Waals surface area contributed by atoms with Crippen molar-refractivity contribution in [1.82, 2.24) is 10.1 Å². The number of aromatic nitrogens is 2. The van der Waals surface area contributed by atoms with Crippen LogP contribution in [-0.2, 0) is 6.42 Å². The molecule has 1 atom stereocenters. The third-order valence-electron chi connectivity index (χ3n) is 3.21. The predicted octanol–water partition coefficient (Wildman–Crippen LogP) is 3.36. The van der Waals surface area contributed by atoms with Gasteiger partial charge in [-0.2, -0.15) is 4.98 Å². The van der Waals surface area contributed by atoms with E-state index < -0.39 is 6.04 Å². The van der Waals surface area contributed by atoms with Crippen LogP contribution >= 0.6 is 11.6 Å². The van der Waals surface area contributed by atoms with Crippen LogP contribution in [-0.4, -0.2) is 10.1 Å². The van der Waals surface area contributed by atoms with Crippen molar-refractivity contribution in [2.45, 2.75) is 12.5 Å². The Bertz CT molecular complexity index is 727. The van der Waals surface area contributed by atoms with Gasteiger partial charge in [-0.25, -0.2) is 0 Å². The number of nitrogens with two attached hydrogens (primary N) is 1. The second kappa shape index (κ2) is 6.08. The average Bonchev–Trinajstić information content (AvgIpc) is 2.98. The minimum atomic E-state index is -0.418. The lowest BCUT2D eigenvalue weighted by Crippen LogP contribution is -2.12. The SMILES string of the molecule is NC(c1ccccc1)c1nc(Cc2ccccc2Cl)no1. The van der Waals surface area contributed by atoms with Crippen molar-refractivity contribution >= 4 is 11.6 Å². The van der Waals surface area contributed by atoms with Crippen LogP contribution in [0.2, 0.25) is 5.02 Å². The minimum absolute atomic E-state index is 0.406. The fourth-order valence-corrected chi connectivity index (χ4v) is 2.28. The van der Waals surface area contributed by atoms with Gasteiger partial charge in [0.05, 0.1) is 0 Å². The Morgan fingerprint density at radius 3 is 2.52 bits per heavy atom. The zero-order valence-electron chi connectivity index (χ0n) is 11.2. The first-order valence-corrected chi connectivity index (χ1v) is 6.98. The molecule has 0 aliphatic heterocycles. The molecule has 0 bridgehead atoms. The highest BCUT2D eigenvalue weighted by molar-refractivity contribution is 6.31. The highest BCUT2D eigenvalue weighted by Gasteiger charge is 2.17. The molecule has 1 aromatic heterocycles. The Hall–Kier alpha value is -2.17. The summed E-state index contributed by atoms with van der Waals surface area (Å²) >= 11 is 6.13. The molecule has 0 saturated carbocycles. The Morgan fingerprint density at radius 2 is 1.76 bits per heavy atom. The summed E-state index contributed by atoms with van der Waals surface area (Å²) in [4.78, 5) is 4.36. The van der Waals surface area contributed by atoms with Crippen molar-refractivity contribution in [3.63, 3.8) is 0 Å². The summed E-state index contributed by atoms with van der Waals surface area (Å²) in [6.07, 6.45) is 0.519. The van der Waals surface area contributed by atoms with E-state index >= 15 is 0 Å². The van der Waals surface area contributed by atoms with Gasteiger partial charge in [0.15, 0.2) is 5.82 Å². The van der Waals surface area contributed by atoms with Gasteiger partial charge in [0.2, 0.25) is 5.89 Å². The fraction of sp³-hybridized carbons (Fsp3) is 0.125. The molecular formula is C16H14ClN3O. The molecule has 2 N–H and O–H groups in total. The molecule has 106 valence electrons. The summed E-state index contributed by atoms with van der Waals surface area (Å²) in [7, 11) is 0. The van der Waals surface area contributed by atoms with Crippen LogP contribution in [0.5, 0.6) is 0 Å². The number of benzene rings is 2. The van der Waals surface area contributed by atoms with Crippen molar-refractivity contribution in [3.8, 4) is 0 Å². The number of nitrogens with zero attached hydrogens (tertiary/aromatic N) is 2. The lowest BCUT2D eigenvalue weighted by atomic mass is 10.1. The lowest BCUT2D eigenvalue weighted by Gasteiger charge is -2.05. The predicted molar refractivity (Wildman–Crippen MR) is 81.0 cm³/mol. The molecule has 0 fully saturated rings. The third kappa shape index (κ3) is 3.12. The third-order valence-corrected chi connectivity index (χ3v) is 3.58. The first kappa shape index (κ1) is 13.8. The number of halogens is 1. The van der Waals surface area contributed by atoms with Crippen molar-refractivity contribution in [2.24, 2.45) is 5.73 Å². The summed E-state index contributed by atoms with van der Waals surface area (Å²) < 4.78 is 5.26. The Balaban J connectivity index is 1.79. The summed E-state index contributed by atoms with van der Waals surface area (Å²) in [5.41, 5.74) is 8.02. The van der Waals surface area contributed by atoms with Gasteiger partial charge in [-0.3, -0.25) is 0 Å². The molecular weight excluding hydrogens is 286 g/mol. The van der Waals surface area contributed by atoms with Gasteiger partial charge in [0.25, 0.3) is 0 Å². The number of hydrogen-bond acceptors (Lipinski definition) is 4. The zero-order valence-corrected chi connectivity index (χ0v) is 12.0. The molecule has 3 aromatic rings. The monoisotopic (exact) mass is 299 g/mol. The molecule has 0 aliphatic carbocycles. The van der Waals surface area contributed by atoms with E-state index in [-0.39, 0.29) is 0 Å². The quantitative estimate of drug-likeness (QED) is 0.802. The first-order valence-electron chi connectivity index (χ1n) is 6.60. The second-order valence-electron chi connectivity index (χ2n) is 4.71. The Kier molecular flexibility index (Phi) is 3.99. The summed E-state index contributed by atoms with van der Waals surface area (Å²) in [6, 6.07) is 16.8. The van der Waals surface area contributed by atoms with Crippen LogP contribution in [0, 0.1) is 0 Å². The van der Waals surface area contributed by atoms with Gasteiger partial charge in [0, 0.05) is 11.4 Å². The van der Waals surface area contributed by atoms with Gasteiger partial charge in [-0.15, -0.1) is 0 Å². The molecule has 0 amide bonds. The van der Waals surface area contributed by atoms with E-state index in [4.69, 9.17) is 21.9 Å². The maximum absolute atomic E-state index is 6.13. The largest absolute Gasteiger partial charge is 0.337 e. The maximum atomic E-state index is 6.13. The van der Waals surface area contributed by atoms with Gasteiger partial charge >= 0.3 is 0 Å². The second-order valence-corrected chi connectivity index (χ2v) is 5.11. The van der Waals surface area contributed by atoms with Crippen molar-refractivity contribution in [1.29, 1.82) is 0 Å². The van der Waals surface area contributed by atoms with Gasteiger partial charge < -0.3 is 10.3 Å². The molecule has 0 aliphatic rings. The summed E-state index contributed by atoms with van der Waals surface area (Å²) in [6.45, 7) is 0. The van der Waals surface area contributed by atoms with Crippen LogP contribution in [0.25, 0.3) is 0 Å². The van der Waals surface area contributed by atoms with Crippen LogP contribution < -0.4 is 5.73 Å². The molecule has 5 heteroatoms. The number of hydrogen-bond donors (Lipinski definition) is 1.